The van der Waals surface area contributed by atoms with Gasteiger partial charge in [-0.15, -0.1) is 0 Å². The number of rotatable bonds is 2. The van der Waals surface area contributed by atoms with Crippen LogP contribution in [0, 0.1) is 0 Å². The molecule has 1 rings (SSSR count). The van der Waals surface area contributed by atoms with Gasteiger partial charge in [0.05, 0.1) is 8.07 Å². The number of hydrogen-bond donors (Lipinski definition) is 2. The number of aliphatic hydroxyl groups is 2. The van der Waals surface area contributed by atoms with Gasteiger partial charge < -0.3 is 14.9 Å². The van der Waals surface area contributed by atoms with Crippen molar-refractivity contribution in [1.29, 1.82) is 0 Å². The molecular formula is C11H20O4Si. The van der Waals surface area contributed by atoms with Gasteiger partial charge in [-0.25, -0.2) is 4.79 Å². The van der Waals surface area contributed by atoms with Crippen molar-refractivity contribution in [3.63, 3.8) is 0 Å². The van der Waals surface area contributed by atoms with E-state index in [1.54, 1.807) is 0 Å². The molecule has 0 fully saturated rings. The van der Waals surface area contributed by atoms with E-state index in [2.05, 4.69) is 33.9 Å². The number of cyclic esters (lactones) is 1. The predicted molar refractivity (Wildman–Crippen MR) is 64.2 cm³/mol. The van der Waals surface area contributed by atoms with Gasteiger partial charge in [-0.2, -0.15) is 0 Å². The fourth-order valence-electron chi connectivity index (χ4n) is 1.41. The van der Waals surface area contributed by atoms with Crippen molar-refractivity contribution in [3.8, 4) is 0 Å². The Morgan fingerprint density at radius 2 is 1.81 bits per heavy atom. The van der Waals surface area contributed by atoms with Gasteiger partial charge in [-0.1, -0.05) is 33.9 Å². The van der Waals surface area contributed by atoms with E-state index in [4.69, 9.17) is 4.74 Å². The van der Waals surface area contributed by atoms with Gasteiger partial charge >= 0.3 is 5.97 Å². The van der Waals surface area contributed by atoms with Crippen molar-refractivity contribution in [2.24, 2.45) is 0 Å². The quantitative estimate of drug-likeness (QED) is 0.579. The monoisotopic (exact) mass is 244 g/mol. The summed E-state index contributed by atoms with van der Waals surface area (Å²) in [7, 11) is -1.65. The Labute approximate surface area is 96.9 Å². The number of hydrogen-bond acceptors (Lipinski definition) is 4. The van der Waals surface area contributed by atoms with E-state index in [-0.39, 0.29) is 10.8 Å². The summed E-state index contributed by atoms with van der Waals surface area (Å²) in [5.41, 5.74) is 0. The van der Waals surface area contributed by atoms with E-state index in [0.717, 1.165) is 0 Å². The van der Waals surface area contributed by atoms with Crippen LogP contribution in [0.15, 0.2) is 11.5 Å². The SMILES string of the molecule is CC(C)(C)[Si](C)(C)C[C@@H]1OC(=O)C(O)=C1O. The minimum Gasteiger partial charge on any atom is -0.505 e. The molecule has 0 saturated heterocycles. The van der Waals surface area contributed by atoms with Crippen LogP contribution in [0.25, 0.3) is 0 Å². The fraction of sp³-hybridized carbons (Fsp3) is 0.727. The molecule has 0 aromatic carbocycles. The van der Waals surface area contributed by atoms with E-state index in [1.165, 1.54) is 0 Å². The molecule has 0 unspecified atom stereocenters. The summed E-state index contributed by atoms with van der Waals surface area (Å²) in [6.45, 7) is 10.8. The molecule has 16 heavy (non-hydrogen) atoms. The van der Waals surface area contributed by atoms with Crippen LogP contribution in [-0.4, -0.2) is 30.4 Å². The van der Waals surface area contributed by atoms with Crippen LogP contribution in [0.4, 0.5) is 0 Å². The number of esters is 1. The molecule has 1 aliphatic heterocycles. The topological polar surface area (TPSA) is 66.8 Å². The van der Waals surface area contributed by atoms with E-state index in [0.29, 0.717) is 6.04 Å². The first kappa shape index (κ1) is 13.1. The smallest absolute Gasteiger partial charge is 0.377 e. The lowest BCUT2D eigenvalue weighted by atomic mass is 10.2. The van der Waals surface area contributed by atoms with Gasteiger partial charge in [-0.3, -0.25) is 0 Å². The second-order valence-corrected chi connectivity index (χ2v) is 11.6. The Morgan fingerprint density at radius 1 is 1.31 bits per heavy atom. The van der Waals surface area contributed by atoms with Gasteiger partial charge in [-0.05, 0) is 11.1 Å². The molecule has 5 heteroatoms. The molecule has 0 amide bonds. The largest absolute Gasteiger partial charge is 0.505 e. The molecule has 0 aromatic heterocycles. The standard InChI is InChI=1S/C11H20O4Si/c1-11(2,3)16(4,5)6-7-8(12)9(13)10(14)15-7/h7,12-13H,6H2,1-5H3/t7-/m0/s1. The molecule has 4 nitrogen and oxygen atoms in total. The highest BCUT2D eigenvalue weighted by molar-refractivity contribution is 6.80. The minimum atomic E-state index is -1.65. The maximum Gasteiger partial charge on any atom is 0.377 e. The van der Waals surface area contributed by atoms with Crippen molar-refractivity contribution >= 4 is 14.0 Å². The number of ether oxygens (including phenoxy) is 1. The highest BCUT2D eigenvalue weighted by Gasteiger charge is 2.43. The third-order valence-corrected chi connectivity index (χ3v) is 9.17. The predicted octanol–water partition coefficient (Wildman–Crippen LogP) is 2.75. The summed E-state index contributed by atoms with van der Waals surface area (Å²) in [5.74, 6) is -1.76. The van der Waals surface area contributed by atoms with Crippen LogP contribution in [0.1, 0.15) is 20.8 Å². The van der Waals surface area contributed by atoms with Gasteiger partial charge in [0, 0.05) is 0 Å². The van der Waals surface area contributed by atoms with Crippen LogP contribution in [0.5, 0.6) is 0 Å². The van der Waals surface area contributed by atoms with E-state index in [9.17, 15) is 15.0 Å². The second kappa shape index (κ2) is 3.80. The lowest BCUT2D eigenvalue weighted by Gasteiger charge is -2.38. The summed E-state index contributed by atoms with van der Waals surface area (Å²) in [5, 5.41) is 18.9. The van der Waals surface area contributed by atoms with Gasteiger partial charge in [0.15, 0.2) is 11.9 Å². The fourth-order valence-corrected chi connectivity index (χ4v) is 3.22. The first-order chi connectivity index (χ1) is 7.06. The molecule has 0 bridgehead atoms. The lowest BCUT2D eigenvalue weighted by molar-refractivity contribution is -0.141. The molecule has 0 saturated carbocycles. The Hall–Kier alpha value is -0.973. The molecule has 0 spiro atoms. The Bertz CT molecular complexity index is 338. The Kier molecular flexibility index (Phi) is 3.11. The van der Waals surface area contributed by atoms with E-state index in [1.807, 2.05) is 0 Å². The van der Waals surface area contributed by atoms with Crippen LogP contribution in [0.2, 0.25) is 24.2 Å². The summed E-state index contributed by atoms with van der Waals surface area (Å²) in [6, 6.07) is 0.623. The zero-order chi connectivity index (χ0) is 12.7. The van der Waals surface area contributed by atoms with Gasteiger partial charge in [0.25, 0.3) is 0 Å². The maximum atomic E-state index is 11.1. The van der Waals surface area contributed by atoms with Crippen LogP contribution >= 0.6 is 0 Å². The average Bonchev–Trinajstić information content (AvgIpc) is 2.31. The van der Waals surface area contributed by atoms with Crippen molar-refractivity contribution in [2.75, 3.05) is 0 Å². The maximum absolute atomic E-state index is 11.1. The van der Waals surface area contributed by atoms with Crippen LogP contribution in [-0.2, 0) is 9.53 Å². The first-order valence-corrected chi connectivity index (χ1v) is 8.60. The highest BCUT2D eigenvalue weighted by atomic mass is 28.3. The van der Waals surface area contributed by atoms with Crippen molar-refractivity contribution < 1.29 is 19.7 Å². The lowest BCUT2D eigenvalue weighted by Crippen LogP contribution is -2.40. The minimum absolute atomic E-state index is 0.151. The van der Waals surface area contributed by atoms with Gasteiger partial charge in [0.2, 0.25) is 5.76 Å². The molecule has 0 aromatic rings. The molecule has 0 radical (unpaired) electrons. The average molecular weight is 244 g/mol. The number of carbonyl (C=O) groups is 1. The molecule has 92 valence electrons. The summed E-state index contributed by atoms with van der Waals surface area (Å²) >= 11 is 0. The molecule has 1 heterocycles. The molecule has 1 aliphatic rings. The van der Waals surface area contributed by atoms with Crippen molar-refractivity contribution in [1.82, 2.24) is 0 Å². The van der Waals surface area contributed by atoms with Crippen LogP contribution < -0.4 is 0 Å². The molecule has 0 aliphatic carbocycles. The third-order valence-electron chi connectivity index (χ3n) is 3.72. The third kappa shape index (κ3) is 2.24. The summed E-state index contributed by atoms with van der Waals surface area (Å²) in [4.78, 5) is 11.1. The second-order valence-electron chi connectivity index (χ2n) is 5.97. The normalized spacial score (nSPS) is 22.6. The van der Waals surface area contributed by atoms with Crippen molar-refractivity contribution in [3.05, 3.63) is 11.5 Å². The summed E-state index contributed by atoms with van der Waals surface area (Å²) < 4.78 is 4.94. The number of aliphatic hydroxyl groups excluding tert-OH is 2. The van der Waals surface area contributed by atoms with E-state index < -0.39 is 25.9 Å². The Balaban J connectivity index is 2.82. The van der Waals surface area contributed by atoms with E-state index >= 15 is 0 Å². The van der Waals surface area contributed by atoms with Crippen molar-refractivity contribution in [2.45, 2.75) is 51.1 Å². The number of carbonyl (C=O) groups excluding carboxylic acids is 1. The first-order valence-electron chi connectivity index (χ1n) is 5.39. The van der Waals surface area contributed by atoms with Crippen LogP contribution in [0.3, 0.4) is 0 Å². The van der Waals surface area contributed by atoms with Gasteiger partial charge in [0.1, 0.15) is 0 Å². The zero-order valence-electron chi connectivity index (χ0n) is 10.5. The highest BCUT2D eigenvalue weighted by Crippen LogP contribution is 2.41. The zero-order valence-corrected chi connectivity index (χ0v) is 11.5. The Morgan fingerprint density at radius 3 is 2.12 bits per heavy atom. The molecule has 1 atom stereocenters. The summed E-state index contributed by atoms with van der Waals surface area (Å²) in [6.07, 6.45) is -0.659. The molecule has 2 N–H and O–H groups in total. The molecular weight excluding hydrogens is 224 g/mol.